The summed E-state index contributed by atoms with van der Waals surface area (Å²) in [6, 6.07) is 0. The summed E-state index contributed by atoms with van der Waals surface area (Å²) in [6.07, 6.45) is 9.93. The van der Waals surface area contributed by atoms with Crippen LogP contribution in [0.25, 0.3) is 0 Å². The van der Waals surface area contributed by atoms with Crippen LogP contribution in [0.2, 0.25) is 0 Å². The Morgan fingerprint density at radius 3 is 0.885 bits per heavy atom. The normalized spacial score (nSPS) is 36.9. The van der Waals surface area contributed by atoms with Crippen molar-refractivity contribution in [2.24, 2.45) is 0 Å². The lowest BCUT2D eigenvalue weighted by atomic mass is 9.94. The Balaban J connectivity index is 1.44. The summed E-state index contributed by atoms with van der Waals surface area (Å²) in [5, 5.41) is 0. The van der Waals surface area contributed by atoms with Gasteiger partial charge in [-0.2, -0.15) is 0 Å². The standard InChI is InChI=1S/C20H36O6/c1-2-6-18-17(5-1)23-13-9-21-11-15-25-19-7-3-4-8-20(19)26-16-12-22-10-14-24-18/h17-20H,1-16H2/t17-,18-,19-,20-/m0/s1. The predicted octanol–water partition coefficient (Wildman–Crippen LogP) is 2.72. The van der Waals surface area contributed by atoms with Crippen molar-refractivity contribution in [2.75, 3.05) is 52.9 Å². The summed E-state index contributed by atoms with van der Waals surface area (Å²) in [6.45, 7) is 4.93. The van der Waals surface area contributed by atoms with Crippen LogP contribution >= 0.6 is 0 Å². The van der Waals surface area contributed by atoms with Crippen LogP contribution < -0.4 is 0 Å². The second kappa shape index (κ2) is 12.3. The molecule has 3 fully saturated rings. The van der Waals surface area contributed by atoms with E-state index in [4.69, 9.17) is 28.4 Å². The molecule has 0 aromatic rings. The Labute approximate surface area is 157 Å². The molecule has 0 spiro atoms. The molecule has 152 valence electrons. The van der Waals surface area contributed by atoms with Crippen molar-refractivity contribution in [2.45, 2.75) is 75.8 Å². The molecular formula is C20H36O6. The van der Waals surface area contributed by atoms with Gasteiger partial charge >= 0.3 is 0 Å². The van der Waals surface area contributed by atoms with Gasteiger partial charge in [0.2, 0.25) is 0 Å². The molecule has 26 heavy (non-hydrogen) atoms. The molecular weight excluding hydrogens is 336 g/mol. The lowest BCUT2D eigenvalue weighted by Crippen LogP contribution is -2.37. The highest BCUT2D eigenvalue weighted by Gasteiger charge is 2.27. The maximum Gasteiger partial charge on any atom is 0.0837 e. The van der Waals surface area contributed by atoms with Crippen LogP contribution in [0.15, 0.2) is 0 Å². The van der Waals surface area contributed by atoms with Gasteiger partial charge in [0.15, 0.2) is 0 Å². The number of rotatable bonds is 0. The number of ether oxygens (including phenoxy) is 6. The van der Waals surface area contributed by atoms with Gasteiger partial charge in [0.1, 0.15) is 0 Å². The molecule has 2 saturated carbocycles. The van der Waals surface area contributed by atoms with Gasteiger partial charge in [-0.05, 0) is 25.7 Å². The van der Waals surface area contributed by atoms with E-state index in [2.05, 4.69) is 0 Å². The quantitative estimate of drug-likeness (QED) is 0.652. The average molecular weight is 373 g/mol. The minimum absolute atomic E-state index is 0.189. The second-order valence-corrected chi connectivity index (χ2v) is 7.43. The SMILES string of the molecule is C1CC[C@@H]2OCCOCCO[C@H]3CCCC[C@@H]3OCCOCCO[C@H]2C1. The fraction of sp³-hybridized carbons (Fsp3) is 1.00. The van der Waals surface area contributed by atoms with Gasteiger partial charge in [-0.15, -0.1) is 0 Å². The van der Waals surface area contributed by atoms with Gasteiger partial charge in [0.25, 0.3) is 0 Å². The predicted molar refractivity (Wildman–Crippen MR) is 97.5 cm³/mol. The minimum atomic E-state index is 0.189. The van der Waals surface area contributed by atoms with Crippen LogP contribution in [0.3, 0.4) is 0 Å². The van der Waals surface area contributed by atoms with E-state index >= 15 is 0 Å². The van der Waals surface area contributed by atoms with Gasteiger partial charge < -0.3 is 28.4 Å². The summed E-state index contributed by atoms with van der Waals surface area (Å²) in [5.41, 5.74) is 0. The molecule has 0 amide bonds. The molecule has 4 atom stereocenters. The van der Waals surface area contributed by atoms with Crippen LogP contribution in [-0.2, 0) is 28.4 Å². The summed E-state index contributed by atoms with van der Waals surface area (Å²) < 4.78 is 35.5. The summed E-state index contributed by atoms with van der Waals surface area (Å²) in [4.78, 5) is 0. The van der Waals surface area contributed by atoms with Crippen LogP contribution in [0.1, 0.15) is 51.4 Å². The Bertz CT molecular complexity index is 300. The molecule has 2 aliphatic carbocycles. The molecule has 3 aliphatic rings. The van der Waals surface area contributed by atoms with Crippen molar-refractivity contribution in [3.8, 4) is 0 Å². The third-order valence-corrected chi connectivity index (χ3v) is 5.52. The van der Waals surface area contributed by atoms with E-state index in [9.17, 15) is 0 Å². The Kier molecular flexibility index (Phi) is 9.67. The Morgan fingerprint density at radius 1 is 0.346 bits per heavy atom. The molecule has 1 saturated heterocycles. The molecule has 0 aromatic carbocycles. The monoisotopic (exact) mass is 372 g/mol. The average Bonchev–Trinajstić information content (AvgIpc) is 2.68. The van der Waals surface area contributed by atoms with Crippen molar-refractivity contribution in [1.82, 2.24) is 0 Å². The molecule has 6 heteroatoms. The maximum absolute atomic E-state index is 6.03. The molecule has 6 nitrogen and oxygen atoms in total. The molecule has 0 N–H and O–H groups in total. The van der Waals surface area contributed by atoms with E-state index in [-0.39, 0.29) is 24.4 Å². The van der Waals surface area contributed by atoms with E-state index in [0.717, 1.165) is 25.7 Å². The lowest BCUT2D eigenvalue weighted by Gasteiger charge is -2.32. The number of hydrogen-bond donors (Lipinski definition) is 0. The maximum atomic E-state index is 6.03. The third-order valence-electron chi connectivity index (χ3n) is 5.52. The van der Waals surface area contributed by atoms with E-state index in [1.54, 1.807) is 0 Å². The van der Waals surface area contributed by atoms with Gasteiger partial charge in [-0.3, -0.25) is 0 Å². The number of hydrogen-bond acceptors (Lipinski definition) is 6. The zero-order valence-corrected chi connectivity index (χ0v) is 16.1. The largest absolute Gasteiger partial charge is 0.377 e. The molecule has 0 unspecified atom stereocenters. The second-order valence-electron chi connectivity index (χ2n) is 7.43. The van der Waals surface area contributed by atoms with Crippen molar-refractivity contribution in [3.05, 3.63) is 0 Å². The molecule has 0 aromatic heterocycles. The van der Waals surface area contributed by atoms with Gasteiger partial charge in [0, 0.05) is 0 Å². The molecule has 1 heterocycles. The third kappa shape index (κ3) is 7.06. The Hall–Kier alpha value is -0.240. The van der Waals surface area contributed by atoms with Crippen LogP contribution in [-0.4, -0.2) is 77.3 Å². The summed E-state index contributed by atoms with van der Waals surface area (Å²) in [5.74, 6) is 0. The van der Waals surface area contributed by atoms with E-state index in [1.165, 1.54) is 25.7 Å². The van der Waals surface area contributed by atoms with E-state index in [1.807, 2.05) is 0 Å². The minimum Gasteiger partial charge on any atom is -0.377 e. The van der Waals surface area contributed by atoms with Gasteiger partial charge in [0.05, 0.1) is 77.3 Å². The lowest BCUT2D eigenvalue weighted by molar-refractivity contribution is -0.129. The summed E-state index contributed by atoms with van der Waals surface area (Å²) in [7, 11) is 0. The molecule has 1 aliphatic heterocycles. The van der Waals surface area contributed by atoms with Crippen LogP contribution in [0, 0.1) is 0 Å². The highest BCUT2D eigenvalue weighted by atomic mass is 16.6. The first kappa shape index (κ1) is 20.5. The Morgan fingerprint density at radius 2 is 0.615 bits per heavy atom. The molecule has 0 bridgehead atoms. The van der Waals surface area contributed by atoms with E-state index in [0.29, 0.717) is 52.9 Å². The van der Waals surface area contributed by atoms with Gasteiger partial charge in [-0.25, -0.2) is 0 Å². The summed E-state index contributed by atoms with van der Waals surface area (Å²) >= 11 is 0. The first-order chi connectivity index (χ1) is 12.9. The van der Waals surface area contributed by atoms with Crippen molar-refractivity contribution >= 4 is 0 Å². The van der Waals surface area contributed by atoms with E-state index < -0.39 is 0 Å². The highest BCUT2D eigenvalue weighted by Crippen LogP contribution is 2.25. The van der Waals surface area contributed by atoms with Gasteiger partial charge in [-0.1, -0.05) is 25.7 Å². The number of fused-ring (bicyclic) bond motifs is 2. The first-order valence-corrected chi connectivity index (χ1v) is 10.6. The van der Waals surface area contributed by atoms with Crippen LogP contribution in [0.5, 0.6) is 0 Å². The zero-order valence-electron chi connectivity index (χ0n) is 16.1. The fourth-order valence-electron chi connectivity index (χ4n) is 4.13. The molecule has 0 radical (unpaired) electrons. The fourth-order valence-corrected chi connectivity index (χ4v) is 4.13. The topological polar surface area (TPSA) is 55.4 Å². The smallest absolute Gasteiger partial charge is 0.0837 e. The van der Waals surface area contributed by atoms with Crippen LogP contribution in [0.4, 0.5) is 0 Å². The zero-order chi connectivity index (χ0) is 17.9. The van der Waals surface area contributed by atoms with Crippen molar-refractivity contribution in [1.29, 1.82) is 0 Å². The van der Waals surface area contributed by atoms with Crippen molar-refractivity contribution < 1.29 is 28.4 Å². The molecule has 3 rings (SSSR count). The van der Waals surface area contributed by atoms with Crippen molar-refractivity contribution in [3.63, 3.8) is 0 Å². The highest BCUT2D eigenvalue weighted by molar-refractivity contribution is 4.77. The first-order valence-electron chi connectivity index (χ1n) is 10.6.